The molecule has 0 saturated heterocycles. The Balaban J connectivity index is 1.73. The highest BCUT2D eigenvalue weighted by Gasteiger charge is 2.29. The van der Waals surface area contributed by atoms with Crippen molar-refractivity contribution in [1.29, 1.82) is 0 Å². The van der Waals surface area contributed by atoms with Gasteiger partial charge in [-0.1, -0.05) is 6.07 Å². The molecule has 0 radical (unpaired) electrons. The summed E-state index contributed by atoms with van der Waals surface area (Å²) < 4.78 is 10.6. The van der Waals surface area contributed by atoms with Crippen LogP contribution in [0.25, 0.3) is 10.9 Å². The minimum atomic E-state index is -1.10. The lowest BCUT2D eigenvalue weighted by atomic mass is 10.0. The van der Waals surface area contributed by atoms with E-state index < -0.39 is 22.9 Å². The number of hydrogen-bond donors (Lipinski definition) is 3. The summed E-state index contributed by atoms with van der Waals surface area (Å²) in [5.74, 6) is -0.286. The first kappa shape index (κ1) is 25.7. The van der Waals surface area contributed by atoms with E-state index in [2.05, 4.69) is 25.9 Å². The summed E-state index contributed by atoms with van der Waals surface area (Å²) in [6, 6.07) is 8.75. The summed E-state index contributed by atoms with van der Waals surface area (Å²) in [4.78, 5) is 46.2. The molecule has 0 atom stereocenters. The van der Waals surface area contributed by atoms with Crippen LogP contribution < -0.4 is 21.6 Å². The van der Waals surface area contributed by atoms with Gasteiger partial charge in [0, 0.05) is 30.5 Å². The average molecular weight is 482 g/mol. The maximum absolute atomic E-state index is 12.8. The number of carbonyl (C=O) groups is 2. The van der Waals surface area contributed by atoms with Crippen LogP contribution in [0, 0.1) is 6.92 Å². The monoisotopic (exact) mass is 481 g/mol. The molecule has 3 rings (SSSR count). The predicted molar refractivity (Wildman–Crippen MR) is 134 cm³/mol. The van der Waals surface area contributed by atoms with Gasteiger partial charge in [-0.25, -0.2) is 9.59 Å². The van der Waals surface area contributed by atoms with Crippen molar-refractivity contribution in [2.45, 2.75) is 59.1 Å². The summed E-state index contributed by atoms with van der Waals surface area (Å²) in [7, 11) is 0. The number of amides is 2. The van der Waals surface area contributed by atoms with Crippen LogP contribution in [0.15, 0.2) is 45.7 Å². The number of anilines is 2. The van der Waals surface area contributed by atoms with Gasteiger partial charge in [-0.2, -0.15) is 4.98 Å². The molecule has 0 spiro atoms. The van der Waals surface area contributed by atoms with Gasteiger partial charge in [-0.3, -0.25) is 15.1 Å². The van der Waals surface area contributed by atoms with E-state index in [9.17, 15) is 14.4 Å². The number of hydrogen-bond acceptors (Lipinski definition) is 8. The smallest absolute Gasteiger partial charge is 0.412 e. The summed E-state index contributed by atoms with van der Waals surface area (Å²) in [6.45, 7) is 10.7. The lowest BCUT2D eigenvalue weighted by Crippen LogP contribution is -2.48. The Kier molecular flexibility index (Phi) is 7.42. The van der Waals surface area contributed by atoms with Gasteiger partial charge in [-0.05, 0) is 71.4 Å². The van der Waals surface area contributed by atoms with Crippen LogP contribution in [0.2, 0.25) is 0 Å². The number of benzene rings is 1. The van der Waals surface area contributed by atoms with Crippen molar-refractivity contribution in [3.05, 3.63) is 58.2 Å². The van der Waals surface area contributed by atoms with E-state index in [-0.39, 0.29) is 17.3 Å². The number of fused-ring (bicyclic) bond motifs is 1. The number of pyridine rings is 1. The third-order valence-electron chi connectivity index (χ3n) is 5.07. The molecule has 0 aliphatic rings. The molecule has 10 heteroatoms. The number of aromatic nitrogens is 2. The van der Waals surface area contributed by atoms with E-state index in [1.54, 1.807) is 59.9 Å². The van der Waals surface area contributed by atoms with E-state index in [1.807, 2.05) is 18.2 Å². The number of rotatable bonds is 7. The molecule has 1 aromatic carbocycles. The normalized spacial score (nSPS) is 11.7. The standard InChI is InChI=1S/C25H31N5O5/c1-15-17(29-23(33)35-24(2,3)4)10-11-18-19(15)20(31)34-22(28-18)30-25(5,6)21(32)27-14-12-16-9-7-8-13-26-16/h7-11,13H,12,14H2,1-6H3,(H,27,32)(H,28,30)(H,29,33). The Morgan fingerprint density at radius 1 is 1.09 bits per heavy atom. The lowest BCUT2D eigenvalue weighted by Gasteiger charge is -2.24. The molecule has 0 aliphatic carbocycles. The SMILES string of the molecule is Cc1c(NC(=O)OC(C)(C)C)ccc2nc(NC(C)(C)C(=O)NCCc3ccccn3)oc(=O)c12. The Hall–Kier alpha value is -3.95. The Bertz CT molecular complexity index is 1280. The molecule has 0 saturated carbocycles. The van der Waals surface area contributed by atoms with Gasteiger partial charge in [-0.15, -0.1) is 0 Å². The van der Waals surface area contributed by atoms with Crippen LogP contribution in [-0.2, 0) is 16.0 Å². The number of carbonyl (C=O) groups excluding carboxylic acids is 2. The molecule has 3 aromatic rings. The highest BCUT2D eigenvalue weighted by Crippen LogP contribution is 2.24. The minimum Gasteiger partial charge on any atom is -0.444 e. The van der Waals surface area contributed by atoms with E-state index in [4.69, 9.17) is 9.15 Å². The molecule has 0 fully saturated rings. The molecule has 2 amide bonds. The molecule has 2 aromatic heterocycles. The van der Waals surface area contributed by atoms with Gasteiger partial charge < -0.3 is 19.8 Å². The first-order chi connectivity index (χ1) is 16.4. The second-order valence-electron chi connectivity index (χ2n) is 9.64. The average Bonchev–Trinajstić information content (AvgIpc) is 2.74. The third-order valence-corrected chi connectivity index (χ3v) is 5.07. The lowest BCUT2D eigenvalue weighted by molar-refractivity contribution is -0.124. The van der Waals surface area contributed by atoms with Crippen LogP contribution in [0.1, 0.15) is 45.9 Å². The summed E-state index contributed by atoms with van der Waals surface area (Å²) in [5.41, 5.74) is -0.267. The highest BCUT2D eigenvalue weighted by atomic mass is 16.6. The topological polar surface area (TPSA) is 135 Å². The molecule has 0 bridgehead atoms. The summed E-state index contributed by atoms with van der Waals surface area (Å²) >= 11 is 0. The van der Waals surface area contributed by atoms with Gasteiger partial charge in [0.2, 0.25) is 5.91 Å². The van der Waals surface area contributed by atoms with E-state index in [1.165, 1.54) is 0 Å². The quantitative estimate of drug-likeness (QED) is 0.464. The molecule has 35 heavy (non-hydrogen) atoms. The van der Waals surface area contributed by atoms with Crippen molar-refractivity contribution in [2.24, 2.45) is 0 Å². The molecule has 3 N–H and O–H groups in total. The van der Waals surface area contributed by atoms with Crippen molar-refractivity contribution in [3.63, 3.8) is 0 Å². The van der Waals surface area contributed by atoms with Crippen LogP contribution >= 0.6 is 0 Å². The van der Waals surface area contributed by atoms with Crippen LogP contribution in [-0.4, -0.2) is 39.7 Å². The highest BCUT2D eigenvalue weighted by molar-refractivity contribution is 5.93. The third kappa shape index (κ3) is 6.78. The second kappa shape index (κ2) is 10.1. The van der Waals surface area contributed by atoms with Crippen LogP contribution in [0.4, 0.5) is 16.5 Å². The first-order valence-electron chi connectivity index (χ1n) is 11.3. The van der Waals surface area contributed by atoms with Crippen molar-refractivity contribution < 1.29 is 18.7 Å². The van der Waals surface area contributed by atoms with Crippen molar-refractivity contribution in [1.82, 2.24) is 15.3 Å². The van der Waals surface area contributed by atoms with Gasteiger partial charge in [0.25, 0.3) is 6.01 Å². The van der Waals surface area contributed by atoms with Crippen LogP contribution in [0.3, 0.4) is 0 Å². The van der Waals surface area contributed by atoms with Gasteiger partial charge in [0.05, 0.1) is 10.9 Å². The zero-order chi connectivity index (χ0) is 25.8. The molecule has 0 unspecified atom stereocenters. The largest absolute Gasteiger partial charge is 0.444 e. The molecule has 10 nitrogen and oxygen atoms in total. The maximum Gasteiger partial charge on any atom is 0.412 e. The van der Waals surface area contributed by atoms with Crippen LogP contribution in [0.5, 0.6) is 0 Å². The van der Waals surface area contributed by atoms with E-state index in [0.29, 0.717) is 29.7 Å². The number of nitrogens with one attached hydrogen (secondary N) is 3. The molecule has 186 valence electrons. The first-order valence-corrected chi connectivity index (χ1v) is 11.3. The summed E-state index contributed by atoms with van der Waals surface area (Å²) in [5, 5.41) is 8.62. The molecule has 0 aliphatic heterocycles. The fourth-order valence-corrected chi connectivity index (χ4v) is 3.32. The summed E-state index contributed by atoms with van der Waals surface area (Å²) in [6.07, 6.45) is 1.66. The number of ether oxygens (including phenoxy) is 1. The Morgan fingerprint density at radius 3 is 2.49 bits per heavy atom. The van der Waals surface area contributed by atoms with Crippen molar-refractivity contribution in [2.75, 3.05) is 17.2 Å². The van der Waals surface area contributed by atoms with Crippen molar-refractivity contribution >= 4 is 34.6 Å². The fourth-order valence-electron chi connectivity index (χ4n) is 3.32. The van der Waals surface area contributed by atoms with Gasteiger partial charge in [0.15, 0.2) is 0 Å². The fraction of sp³-hybridized carbons (Fsp3) is 0.400. The van der Waals surface area contributed by atoms with E-state index >= 15 is 0 Å². The maximum atomic E-state index is 12.8. The Morgan fingerprint density at radius 2 is 1.83 bits per heavy atom. The minimum absolute atomic E-state index is 0.0837. The number of nitrogens with zero attached hydrogens (tertiary/aromatic N) is 2. The van der Waals surface area contributed by atoms with Gasteiger partial charge >= 0.3 is 11.7 Å². The zero-order valence-corrected chi connectivity index (χ0v) is 20.8. The second-order valence-corrected chi connectivity index (χ2v) is 9.64. The predicted octanol–water partition coefficient (Wildman–Crippen LogP) is 3.79. The molecular formula is C25H31N5O5. The van der Waals surface area contributed by atoms with E-state index in [0.717, 1.165) is 5.69 Å². The Labute approximate surface area is 203 Å². The number of aryl methyl sites for hydroxylation is 1. The zero-order valence-electron chi connectivity index (χ0n) is 20.8. The van der Waals surface area contributed by atoms with Crippen molar-refractivity contribution in [3.8, 4) is 0 Å². The molecular weight excluding hydrogens is 450 g/mol. The molecule has 2 heterocycles. The van der Waals surface area contributed by atoms with Gasteiger partial charge in [0.1, 0.15) is 11.1 Å².